The van der Waals surface area contributed by atoms with Gasteiger partial charge < -0.3 is 10.8 Å². The fourth-order valence-corrected chi connectivity index (χ4v) is 1.71. The molecule has 96 valence electrons. The highest BCUT2D eigenvalue weighted by atomic mass is 79.9. The van der Waals surface area contributed by atoms with Gasteiger partial charge in [-0.05, 0) is 12.1 Å². The minimum absolute atomic E-state index is 0.0184. The van der Waals surface area contributed by atoms with Crippen LogP contribution in [0.4, 0.5) is 8.78 Å². The third-order valence-corrected chi connectivity index (χ3v) is 2.39. The molecule has 0 aliphatic rings. The number of aliphatic carboxylic acids is 1. The van der Waals surface area contributed by atoms with E-state index >= 15 is 0 Å². The maximum atomic E-state index is 13.1. The van der Waals surface area contributed by atoms with E-state index in [9.17, 15) is 8.78 Å². The van der Waals surface area contributed by atoms with Gasteiger partial charge in [-0.25, -0.2) is 0 Å². The summed E-state index contributed by atoms with van der Waals surface area (Å²) in [5.74, 6) is -3.89. The van der Waals surface area contributed by atoms with Gasteiger partial charge in [0.2, 0.25) is 0 Å². The molecule has 1 rings (SSSR count). The fraction of sp³-hybridized carbons (Fsp3) is 0.300. The van der Waals surface area contributed by atoms with Crippen LogP contribution < -0.4 is 5.73 Å². The van der Waals surface area contributed by atoms with Crippen LogP contribution in [0.5, 0.6) is 0 Å². The van der Waals surface area contributed by atoms with Gasteiger partial charge in [0.25, 0.3) is 11.9 Å². The number of benzene rings is 1. The number of rotatable bonds is 2. The van der Waals surface area contributed by atoms with Crippen LogP contribution in [-0.4, -0.2) is 17.6 Å². The number of carboxylic acid groups (broad SMARTS) is 1. The molecule has 0 heterocycles. The predicted molar refractivity (Wildman–Crippen MR) is 65.4 cm³/mol. The molecule has 0 spiro atoms. The standard InChI is InChI=1S/C8H7BrClF2N.C2H4O2/c9-5-1-2-6(7(10)3-5)8(11,12)4-13;1-2(3)4/h1-3H,4,13H2;1H3,(H,3,4). The SMILES string of the molecule is CC(=O)O.NCC(F)(F)c1ccc(Br)cc1Cl. The quantitative estimate of drug-likeness (QED) is 0.875. The summed E-state index contributed by atoms with van der Waals surface area (Å²) in [6.45, 7) is 0.342. The lowest BCUT2D eigenvalue weighted by molar-refractivity contribution is -0.134. The molecule has 1 aromatic rings. The van der Waals surface area contributed by atoms with Crippen molar-refractivity contribution in [1.29, 1.82) is 0 Å². The number of alkyl halides is 2. The van der Waals surface area contributed by atoms with E-state index in [0.29, 0.717) is 4.47 Å². The molecule has 3 N–H and O–H groups in total. The van der Waals surface area contributed by atoms with Gasteiger partial charge in [-0.3, -0.25) is 4.79 Å². The van der Waals surface area contributed by atoms with Crippen molar-refractivity contribution in [2.24, 2.45) is 5.73 Å². The summed E-state index contributed by atoms with van der Waals surface area (Å²) in [5.41, 5.74) is 4.69. The van der Waals surface area contributed by atoms with E-state index in [2.05, 4.69) is 15.9 Å². The topological polar surface area (TPSA) is 63.3 Å². The van der Waals surface area contributed by atoms with Crippen molar-refractivity contribution < 1.29 is 18.7 Å². The van der Waals surface area contributed by atoms with Crippen LogP contribution in [0.1, 0.15) is 12.5 Å². The Hall–Kier alpha value is -0.720. The lowest BCUT2D eigenvalue weighted by Crippen LogP contribution is -2.25. The highest BCUT2D eigenvalue weighted by Crippen LogP contribution is 2.33. The summed E-state index contributed by atoms with van der Waals surface area (Å²) in [6.07, 6.45) is 0. The van der Waals surface area contributed by atoms with Crippen LogP contribution in [0.2, 0.25) is 5.02 Å². The average molecular weight is 331 g/mol. The highest BCUT2D eigenvalue weighted by molar-refractivity contribution is 9.10. The van der Waals surface area contributed by atoms with Crippen molar-refractivity contribution in [3.63, 3.8) is 0 Å². The summed E-state index contributed by atoms with van der Waals surface area (Å²) < 4.78 is 26.8. The monoisotopic (exact) mass is 329 g/mol. The molecule has 0 bridgehead atoms. The molecule has 7 heteroatoms. The molecular formula is C10H11BrClF2NO2. The Morgan fingerprint density at radius 3 is 2.41 bits per heavy atom. The summed E-state index contributed by atoms with van der Waals surface area (Å²) in [6, 6.07) is 4.19. The Balaban J connectivity index is 0.000000557. The van der Waals surface area contributed by atoms with E-state index in [4.69, 9.17) is 27.2 Å². The van der Waals surface area contributed by atoms with Crippen LogP contribution in [0.25, 0.3) is 0 Å². The number of carboxylic acids is 1. The molecule has 0 aromatic heterocycles. The second kappa shape index (κ2) is 6.88. The Kier molecular flexibility index (Phi) is 6.59. The normalized spacial score (nSPS) is 10.5. The smallest absolute Gasteiger partial charge is 0.300 e. The maximum Gasteiger partial charge on any atom is 0.300 e. The average Bonchev–Trinajstić information content (AvgIpc) is 2.16. The van der Waals surface area contributed by atoms with Crippen molar-refractivity contribution in [1.82, 2.24) is 0 Å². The molecule has 0 fully saturated rings. The molecular weight excluding hydrogens is 319 g/mol. The number of hydrogen-bond acceptors (Lipinski definition) is 2. The van der Waals surface area contributed by atoms with Crippen molar-refractivity contribution in [3.8, 4) is 0 Å². The summed E-state index contributed by atoms with van der Waals surface area (Å²) >= 11 is 8.75. The van der Waals surface area contributed by atoms with Crippen LogP contribution >= 0.6 is 27.5 Å². The molecule has 17 heavy (non-hydrogen) atoms. The van der Waals surface area contributed by atoms with Gasteiger partial charge in [-0.2, -0.15) is 8.78 Å². The van der Waals surface area contributed by atoms with E-state index < -0.39 is 18.4 Å². The van der Waals surface area contributed by atoms with Crippen LogP contribution in [0.15, 0.2) is 22.7 Å². The highest BCUT2D eigenvalue weighted by Gasteiger charge is 2.31. The zero-order valence-corrected chi connectivity index (χ0v) is 11.2. The van der Waals surface area contributed by atoms with Gasteiger partial charge in [0.15, 0.2) is 0 Å². The lowest BCUT2D eigenvalue weighted by Gasteiger charge is -2.15. The molecule has 0 saturated heterocycles. The second-order valence-corrected chi connectivity index (χ2v) is 4.37. The summed E-state index contributed by atoms with van der Waals surface area (Å²) in [4.78, 5) is 9.00. The molecule has 0 unspecified atom stereocenters. The van der Waals surface area contributed by atoms with Gasteiger partial charge in [-0.15, -0.1) is 0 Å². The molecule has 0 aliphatic carbocycles. The zero-order chi connectivity index (χ0) is 13.6. The maximum absolute atomic E-state index is 13.1. The van der Waals surface area contributed by atoms with Gasteiger partial charge in [-0.1, -0.05) is 33.6 Å². The Morgan fingerprint density at radius 1 is 1.59 bits per heavy atom. The van der Waals surface area contributed by atoms with E-state index in [0.717, 1.165) is 6.92 Å². The third-order valence-electron chi connectivity index (χ3n) is 1.58. The molecule has 0 saturated carbocycles. The van der Waals surface area contributed by atoms with Crippen LogP contribution in [0, 0.1) is 0 Å². The van der Waals surface area contributed by atoms with Gasteiger partial charge in [0, 0.05) is 17.0 Å². The van der Waals surface area contributed by atoms with E-state index in [-0.39, 0.29) is 10.6 Å². The van der Waals surface area contributed by atoms with E-state index in [1.165, 1.54) is 18.2 Å². The summed E-state index contributed by atoms with van der Waals surface area (Å²) in [5, 5.41) is 7.44. The van der Waals surface area contributed by atoms with Crippen molar-refractivity contribution in [2.45, 2.75) is 12.8 Å². The van der Waals surface area contributed by atoms with Gasteiger partial charge in [0.05, 0.1) is 11.6 Å². The first-order chi connectivity index (χ1) is 7.70. The fourth-order valence-electron chi connectivity index (χ4n) is 0.896. The number of carbonyl (C=O) groups is 1. The van der Waals surface area contributed by atoms with Crippen molar-refractivity contribution >= 4 is 33.5 Å². The lowest BCUT2D eigenvalue weighted by atomic mass is 10.1. The molecule has 0 aliphatic heterocycles. The molecule has 1 aromatic carbocycles. The number of nitrogens with two attached hydrogens (primary N) is 1. The number of halogens is 4. The molecule has 0 amide bonds. The summed E-state index contributed by atoms with van der Waals surface area (Å²) in [7, 11) is 0. The second-order valence-electron chi connectivity index (χ2n) is 3.05. The first kappa shape index (κ1) is 16.3. The third kappa shape index (κ3) is 5.95. The van der Waals surface area contributed by atoms with Crippen molar-refractivity contribution in [2.75, 3.05) is 6.54 Å². The zero-order valence-electron chi connectivity index (χ0n) is 8.88. The van der Waals surface area contributed by atoms with E-state index in [1.807, 2.05) is 0 Å². The largest absolute Gasteiger partial charge is 0.481 e. The first-order valence-corrected chi connectivity index (χ1v) is 5.60. The van der Waals surface area contributed by atoms with Crippen LogP contribution in [-0.2, 0) is 10.7 Å². The number of hydrogen-bond donors (Lipinski definition) is 2. The minimum Gasteiger partial charge on any atom is -0.481 e. The Labute approximate surface area is 111 Å². The van der Waals surface area contributed by atoms with Gasteiger partial charge in [0.1, 0.15) is 0 Å². The van der Waals surface area contributed by atoms with Crippen LogP contribution in [0.3, 0.4) is 0 Å². The van der Waals surface area contributed by atoms with Gasteiger partial charge >= 0.3 is 0 Å². The Morgan fingerprint density at radius 2 is 2.06 bits per heavy atom. The molecule has 0 radical (unpaired) electrons. The first-order valence-electron chi connectivity index (χ1n) is 4.43. The Bertz CT molecular complexity index is 398. The van der Waals surface area contributed by atoms with E-state index in [1.54, 1.807) is 0 Å². The minimum atomic E-state index is -3.06. The molecule has 0 atom stereocenters. The van der Waals surface area contributed by atoms with Crippen molar-refractivity contribution in [3.05, 3.63) is 33.3 Å². The predicted octanol–water partition coefficient (Wildman–Crippen LogP) is 3.24. The molecule has 3 nitrogen and oxygen atoms in total.